The summed E-state index contributed by atoms with van der Waals surface area (Å²) in [4.78, 5) is 12.1. The lowest BCUT2D eigenvalue weighted by molar-refractivity contribution is -0.112. The lowest BCUT2D eigenvalue weighted by Gasteiger charge is -2.08. The van der Waals surface area contributed by atoms with Gasteiger partial charge in [-0.3, -0.25) is 4.79 Å². The molecule has 3 nitrogen and oxygen atoms in total. The van der Waals surface area contributed by atoms with Gasteiger partial charge in [-0.05, 0) is 56.2 Å². The highest BCUT2D eigenvalue weighted by atomic mass is 16.5. The monoisotopic (exact) mass is 281 g/mol. The zero-order valence-electron chi connectivity index (χ0n) is 12.5. The van der Waals surface area contributed by atoms with Crippen molar-refractivity contribution < 1.29 is 9.53 Å². The number of nitrogens with one attached hydrogen (secondary N) is 1. The molecule has 3 heteroatoms. The Morgan fingerprint density at radius 2 is 1.76 bits per heavy atom. The number of aryl methyl sites for hydroxylation is 2. The fourth-order valence-corrected chi connectivity index (χ4v) is 1.76. The molecule has 0 saturated carbocycles. The number of carbonyl (C=O) groups is 1. The Labute approximate surface area is 125 Å². The van der Waals surface area contributed by atoms with Crippen molar-refractivity contribution in [1.82, 2.24) is 0 Å². The fraction of sp³-hybridized carbons (Fsp3) is 0.167. The topological polar surface area (TPSA) is 38.3 Å². The number of hydrogen-bond donors (Lipinski definition) is 1. The first-order valence-electron chi connectivity index (χ1n) is 6.83. The van der Waals surface area contributed by atoms with E-state index in [2.05, 4.69) is 5.32 Å². The Morgan fingerprint density at radius 1 is 1.05 bits per heavy atom. The van der Waals surface area contributed by atoms with Gasteiger partial charge in [-0.1, -0.05) is 24.3 Å². The van der Waals surface area contributed by atoms with Crippen LogP contribution in [0.1, 0.15) is 18.1 Å². The number of carbonyl (C=O) groups excluding carboxylic acids is 1. The van der Waals surface area contributed by atoms with Gasteiger partial charge in [-0.25, -0.2) is 0 Å². The second-order valence-electron chi connectivity index (χ2n) is 4.98. The highest BCUT2D eigenvalue weighted by molar-refractivity contribution is 6.03. The fourth-order valence-electron chi connectivity index (χ4n) is 1.76. The average Bonchev–Trinajstić information content (AvgIpc) is 2.49. The van der Waals surface area contributed by atoms with Gasteiger partial charge in [0, 0.05) is 11.3 Å². The molecule has 0 aliphatic heterocycles. The van der Waals surface area contributed by atoms with E-state index in [0.717, 1.165) is 11.3 Å². The van der Waals surface area contributed by atoms with Crippen LogP contribution in [0, 0.1) is 13.8 Å². The van der Waals surface area contributed by atoms with E-state index in [0.29, 0.717) is 11.3 Å². The van der Waals surface area contributed by atoms with E-state index in [1.807, 2.05) is 62.4 Å². The molecule has 0 saturated heterocycles. The van der Waals surface area contributed by atoms with Gasteiger partial charge < -0.3 is 10.1 Å². The number of para-hydroxylation sites is 1. The molecule has 108 valence electrons. The summed E-state index contributed by atoms with van der Waals surface area (Å²) in [6.07, 6.45) is 1.46. The standard InChI is InChI=1S/C18H19NO2/c1-13-9-10-16(11-14(13)2)19-18(20)15(3)12-21-17-7-5-4-6-8-17/h4-12H,1-3H3,(H,19,20)/b15-12+. The number of hydrogen-bond acceptors (Lipinski definition) is 2. The SMILES string of the molecule is C/C(=C\Oc1ccccc1)C(=O)Nc1ccc(C)c(C)c1. The Balaban J connectivity index is 2.00. The predicted molar refractivity (Wildman–Crippen MR) is 85.4 cm³/mol. The highest BCUT2D eigenvalue weighted by Gasteiger charge is 2.06. The molecule has 0 aromatic heterocycles. The normalized spacial score (nSPS) is 11.1. The van der Waals surface area contributed by atoms with E-state index < -0.39 is 0 Å². The van der Waals surface area contributed by atoms with Gasteiger partial charge in [-0.2, -0.15) is 0 Å². The Bertz CT molecular complexity index is 660. The summed E-state index contributed by atoms with van der Waals surface area (Å²) in [5.74, 6) is 0.532. The molecule has 21 heavy (non-hydrogen) atoms. The molecule has 0 fully saturated rings. The van der Waals surface area contributed by atoms with Crippen LogP contribution in [0.2, 0.25) is 0 Å². The van der Waals surface area contributed by atoms with Crippen LogP contribution in [0.5, 0.6) is 5.75 Å². The van der Waals surface area contributed by atoms with Crippen molar-refractivity contribution in [2.45, 2.75) is 20.8 Å². The first-order chi connectivity index (χ1) is 10.1. The van der Waals surface area contributed by atoms with Crippen LogP contribution in [0.4, 0.5) is 5.69 Å². The maximum atomic E-state index is 12.1. The van der Waals surface area contributed by atoms with Gasteiger partial charge in [0.1, 0.15) is 5.75 Å². The third kappa shape index (κ3) is 4.21. The summed E-state index contributed by atoms with van der Waals surface area (Å²) in [6, 6.07) is 15.2. The van der Waals surface area contributed by atoms with E-state index in [1.54, 1.807) is 6.92 Å². The molecule has 0 radical (unpaired) electrons. The summed E-state index contributed by atoms with van der Waals surface area (Å²) in [7, 11) is 0. The summed E-state index contributed by atoms with van der Waals surface area (Å²) >= 11 is 0. The van der Waals surface area contributed by atoms with Crippen LogP contribution < -0.4 is 10.1 Å². The molecule has 0 aliphatic carbocycles. The third-order valence-electron chi connectivity index (χ3n) is 3.24. The molecule has 0 heterocycles. The first-order valence-corrected chi connectivity index (χ1v) is 6.83. The number of benzene rings is 2. The van der Waals surface area contributed by atoms with Crippen molar-refractivity contribution in [1.29, 1.82) is 0 Å². The Kier molecular flexibility index (Phi) is 4.77. The number of ether oxygens (including phenoxy) is 1. The summed E-state index contributed by atoms with van der Waals surface area (Å²) in [5, 5.41) is 2.86. The van der Waals surface area contributed by atoms with E-state index in [1.165, 1.54) is 11.8 Å². The molecular weight excluding hydrogens is 262 g/mol. The maximum absolute atomic E-state index is 12.1. The smallest absolute Gasteiger partial charge is 0.254 e. The number of anilines is 1. The minimum Gasteiger partial charge on any atom is -0.465 e. The lowest BCUT2D eigenvalue weighted by atomic mass is 10.1. The third-order valence-corrected chi connectivity index (χ3v) is 3.24. The van der Waals surface area contributed by atoms with Crippen LogP contribution in [-0.2, 0) is 4.79 Å². The van der Waals surface area contributed by atoms with Gasteiger partial charge >= 0.3 is 0 Å². The molecular formula is C18H19NO2. The van der Waals surface area contributed by atoms with Crippen LogP contribution in [-0.4, -0.2) is 5.91 Å². The molecule has 2 aromatic rings. The predicted octanol–water partition coefficient (Wildman–Crippen LogP) is 4.22. The van der Waals surface area contributed by atoms with Gasteiger partial charge in [0.2, 0.25) is 0 Å². The minimum absolute atomic E-state index is 0.172. The van der Waals surface area contributed by atoms with E-state index in [4.69, 9.17) is 4.74 Å². The zero-order chi connectivity index (χ0) is 15.2. The van der Waals surface area contributed by atoms with Crippen molar-refractivity contribution in [2.24, 2.45) is 0 Å². The van der Waals surface area contributed by atoms with Crippen LogP contribution in [0.15, 0.2) is 60.4 Å². The van der Waals surface area contributed by atoms with Crippen molar-refractivity contribution >= 4 is 11.6 Å². The van der Waals surface area contributed by atoms with E-state index in [9.17, 15) is 4.79 Å². The lowest BCUT2D eigenvalue weighted by Crippen LogP contribution is -2.13. The maximum Gasteiger partial charge on any atom is 0.254 e. The van der Waals surface area contributed by atoms with E-state index in [-0.39, 0.29) is 5.91 Å². The van der Waals surface area contributed by atoms with Crippen molar-refractivity contribution in [3.05, 3.63) is 71.5 Å². The molecule has 1 N–H and O–H groups in total. The van der Waals surface area contributed by atoms with E-state index >= 15 is 0 Å². The van der Waals surface area contributed by atoms with Crippen molar-refractivity contribution in [3.8, 4) is 5.75 Å². The average molecular weight is 281 g/mol. The largest absolute Gasteiger partial charge is 0.465 e. The minimum atomic E-state index is -0.172. The van der Waals surface area contributed by atoms with Crippen LogP contribution >= 0.6 is 0 Å². The summed E-state index contributed by atoms with van der Waals surface area (Å²) < 4.78 is 5.45. The molecule has 2 aromatic carbocycles. The van der Waals surface area contributed by atoms with Crippen LogP contribution in [0.3, 0.4) is 0 Å². The Morgan fingerprint density at radius 3 is 2.43 bits per heavy atom. The zero-order valence-corrected chi connectivity index (χ0v) is 12.5. The molecule has 0 bridgehead atoms. The van der Waals surface area contributed by atoms with Gasteiger partial charge in [0.25, 0.3) is 5.91 Å². The number of amides is 1. The second kappa shape index (κ2) is 6.75. The summed E-state index contributed by atoms with van der Waals surface area (Å²) in [6.45, 7) is 5.78. The van der Waals surface area contributed by atoms with Gasteiger partial charge in [0.15, 0.2) is 0 Å². The van der Waals surface area contributed by atoms with Crippen molar-refractivity contribution in [3.63, 3.8) is 0 Å². The molecule has 0 aliphatic rings. The summed E-state index contributed by atoms with van der Waals surface area (Å²) in [5.41, 5.74) is 3.65. The van der Waals surface area contributed by atoms with Crippen LogP contribution in [0.25, 0.3) is 0 Å². The van der Waals surface area contributed by atoms with Crippen molar-refractivity contribution in [2.75, 3.05) is 5.32 Å². The molecule has 0 atom stereocenters. The molecule has 1 amide bonds. The number of rotatable bonds is 4. The Hall–Kier alpha value is -2.55. The quantitative estimate of drug-likeness (QED) is 0.673. The molecule has 2 rings (SSSR count). The molecule has 0 unspecified atom stereocenters. The van der Waals surface area contributed by atoms with Gasteiger partial charge in [-0.15, -0.1) is 0 Å². The highest BCUT2D eigenvalue weighted by Crippen LogP contribution is 2.15. The molecule has 0 spiro atoms. The first kappa shape index (κ1) is 14.9. The second-order valence-corrected chi connectivity index (χ2v) is 4.98. The van der Waals surface area contributed by atoms with Gasteiger partial charge in [0.05, 0.1) is 6.26 Å².